The minimum absolute atomic E-state index is 0.310. The van der Waals surface area contributed by atoms with Crippen LogP contribution in [0.2, 0.25) is 5.02 Å². The fourth-order valence-electron chi connectivity index (χ4n) is 6.77. The first-order valence-corrected chi connectivity index (χ1v) is 16.7. The van der Waals surface area contributed by atoms with E-state index in [0.29, 0.717) is 58.4 Å². The molecule has 3 aliphatic rings. The number of hydrogen-bond donors (Lipinski definition) is 2. The largest absolute Gasteiger partial charge is 0.494 e. The number of carbonyl (C=O) groups excluding carboxylic acids is 1. The van der Waals surface area contributed by atoms with Crippen LogP contribution in [0.1, 0.15) is 30.9 Å². The van der Waals surface area contributed by atoms with E-state index >= 15 is 0 Å². The van der Waals surface area contributed by atoms with E-state index in [9.17, 15) is 9.18 Å². The zero-order valence-electron chi connectivity index (χ0n) is 27.2. The SMILES string of the molecule is C=CCN1CCN(C2CCN(c3cc(OC)c(Nc4cc(N5OCCC5c5ccc(Cl)cc5F)ncn4)cc3NC(=O)C=C)CC2)CC1. The fourth-order valence-corrected chi connectivity index (χ4v) is 6.93. The summed E-state index contributed by atoms with van der Waals surface area (Å²) in [5.41, 5.74) is 2.58. The van der Waals surface area contributed by atoms with Crippen LogP contribution in [-0.4, -0.2) is 91.2 Å². The van der Waals surface area contributed by atoms with Crippen molar-refractivity contribution < 1.29 is 18.8 Å². The van der Waals surface area contributed by atoms with Crippen molar-refractivity contribution in [2.24, 2.45) is 0 Å². The summed E-state index contributed by atoms with van der Waals surface area (Å²) in [6.45, 7) is 14.8. The van der Waals surface area contributed by atoms with Crippen molar-refractivity contribution in [2.75, 3.05) is 80.1 Å². The Balaban J connectivity index is 1.20. The highest BCUT2D eigenvalue weighted by Crippen LogP contribution is 2.41. The Hall–Kier alpha value is -4.23. The fraction of sp³-hybridized carbons (Fsp3) is 0.400. The molecule has 4 heterocycles. The molecule has 1 unspecified atom stereocenters. The summed E-state index contributed by atoms with van der Waals surface area (Å²) in [5.74, 6) is 0.800. The molecular weight excluding hydrogens is 635 g/mol. The lowest BCUT2D eigenvalue weighted by Crippen LogP contribution is -2.53. The van der Waals surface area contributed by atoms with E-state index in [0.717, 1.165) is 64.3 Å². The third-order valence-corrected chi connectivity index (χ3v) is 9.48. The summed E-state index contributed by atoms with van der Waals surface area (Å²) in [4.78, 5) is 34.6. The van der Waals surface area contributed by atoms with Crippen molar-refractivity contribution in [1.82, 2.24) is 19.8 Å². The van der Waals surface area contributed by atoms with Crippen LogP contribution in [0.25, 0.3) is 0 Å². The molecule has 1 aromatic heterocycles. The third kappa shape index (κ3) is 7.57. The molecule has 3 aliphatic heterocycles. The molecule has 6 rings (SSSR count). The Labute approximate surface area is 285 Å². The van der Waals surface area contributed by atoms with E-state index in [-0.39, 0.29) is 11.9 Å². The lowest BCUT2D eigenvalue weighted by molar-refractivity contribution is -0.111. The van der Waals surface area contributed by atoms with Gasteiger partial charge in [0.1, 0.15) is 23.7 Å². The van der Waals surface area contributed by atoms with Gasteiger partial charge in [0.05, 0.1) is 36.8 Å². The molecular formula is C35H42ClFN8O3. The first-order valence-electron chi connectivity index (χ1n) is 16.3. The van der Waals surface area contributed by atoms with Gasteiger partial charge >= 0.3 is 0 Å². The summed E-state index contributed by atoms with van der Waals surface area (Å²) < 4.78 is 20.7. The van der Waals surface area contributed by atoms with Crippen molar-refractivity contribution in [2.45, 2.75) is 31.3 Å². The number of rotatable bonds is 11. The van der Waals surface area contributed by atoms with Crippen molar-refractivity contribution in [3.63, 3.8) is 0 Å². The van der Waals surface area contributed by atoms with E-state index < -0.39 is 5.82 Å². The molecule has 3 saturated heterocycles. The van der Waals surface area contributed by atoms with Crippen LogP contribution in [0.15, 0.2) is 68.0 Å². The second kappa shape index (κ2) is 15.3. The monoisotopic (exact) mass is 676 g/mol. The number of nitrogens with zero attached hydrogens (tertiary/aromatic N) is 6. The molecule has 11 nitrogen and oxygen atoms in total. The van der Waals surface area contributed by atoms with Gasteiger partial charge in [-0.25, -0.2) is 19.4 Å². The number of nitrogens with one attached hydrogen (secondary N) is 2. The minimum atomic E-state index is -0.402. The number of ether oxygens (including phenoxy) is 1. The third-order valence-electron chi connectivity index (χ3n) is 9.24. The first kappa shape index (κ1) is 33.7. The maximum Gasteiger partial charge on any atom is 0.247 e. The van der Waals surface area contributed by atoms with Gasteiger partial charge in [-0.2, -0.15) is 0 Å². The minimum Gasteiger partial charge on any atom is -0.494 e. The molecule has 3 aromatic rings. The molecule has 13 heteroatoms. The number of amides is 1. The van der Waals surface area contributed by atoms with Crippen LogP contribution in [0.4, 0.5) is 33.1 Å². The second-order valence-corrected chi connectivity index (χ2v) is 12.6. The standard InChI is InChI=1S/C35H42ClFN8O3/c1-4-11-42-14-16-43(17-15-42)25-8-12-44(13-9-25)31-21-32(47-3)29(20-28(31)41-35(46)5-2)40-33-22-34(39-23-38-33)45-30(10-18-48-45)26-7-6-24(36)19-27(26)37/h4-7,19-23,25,30H,1-2,8-18H2,3H3,(H,41,46)(H,38,39,40). The van der Waals surface area contributed by atoms with E-state index in [2.05, 4.69) is 48.5 Å². The zero-order valence-corrected chi connectivity index (χ0v) is 28.0. The van der Waals surface area contributed by atoms with E-state index in [1.54, 1.807) is 30.4 Å². The van der Waals surface area contributed by atoms with Crippen molar-refractivity contribution in [3.8, 4) is 5.75 Å². The molecule has 3 fully saturated rings. The van der Waals surface area contributed by atoms with Gasteiger partial charge in [0.25, 0.3) is 0 Å². The lowest BCUT2D eigenvalue weighted by Gasteiger charge is -2.43. The average molecular weight is 677 g/mol. The van der Waals surface area contributed by atoms with Crippen LogP contribution in [0.3, 0.4) is 0 Å². The number of methoxy groups -OCH3 is 1. The summed E-state index contributed by atoms with van der Waals surface area (Å²) in [7, 11) is 1.61. The maximum atomic E-state index is 14.8. The highest BCUT2D eigenvalue weighted by Gasteiger charge is 2.32. The summed E-state index contributed by atoms with van der Waals surface area (Å²) in [6, 6.07) is 10.3. The van der Waals surface area contributed by atoms with Gasteiger partial charge in [-0.1, -0.05) is 30.3 Å². The Morgan fingerprint density at radius 1 is 1.06 bits per heavy atom. The summed E-state index contributed by atoms with van der Waals surface area (Å²) >= 11 is 5.99. The van der Waals surface area contributed by atoms with Gasteiger partial charge in [0, 0.05) is 81.0 Å². The van der Waals surface area contributed by atoms with Crippen molar-refractivity contribution >= 4 is 46.2 Å². The van der Waals surface area contributed by atoms with Gasteiger partial charge in [-0.05, 0) is 37.1 Å². The Kier molecular flexibility index (Phi) is 10.8. The predicted octanol–water partition coefficient (Wildman–Crippen LogP) is 5.80. The van der Waals surface area contributed by atoms with Gasteiger partial charge in [0.15, 0.2) is 5.82 Å². The number of aromatic nitrogens is 2. The van der Waals surface area contributed by atoms with Crippen LogP contribution in [0, 0.1) is 5.82 Å². The van der Waals surface area contributed by atoms with Gasteiger partial charge < -0.3 is 20.3 Å². The number of piperazine rings is 1. The zero-order chi connectivity index (χ0) is 33.6. The first-order chi connectivity index (χ1) is 23.4. The van der Waals surface area contributed by atoms with Gasteiger partial charge in [-0.3, -0.25) is 19.4 Å². The van der Waals surface area contributed by atoms with Gasteiger partial charge in [0.2, 0.25) is 5.91 Å². The topological polar surface area (TPSA) is 98.3 Å². The molecule has 1 atom stereocenters. The van der Waals surface area contributed by atoms with Gasteiger partial charge in [-0.15, -0.1) is 6.58 Å². The molecule has 2 N–H and O–H groups in total. The Bertz CT molecular complexity index is 1630. The summed E-state index contributed by atoms with van der Waals surface area (Å²) in [5, 5.41) is 8.24. The number of carbonyl (C=O) groups is 1. The van der Waals surface area contributed by atoms with Crippen molar-refractivity contribution in [3.05, 3.63) is 84.4 Å². The molecule has 1 amide bonds. The number of anilines is 5. The quantitative estimate of drug-likeness (QED) is 0.192. The van der Waals surface area contributed by atoms with E-state index in [4.69, 9.17) is 21.2 Å². The van der Waals surface area contributed by atoms with Crippen LogP contribution >= 0.6 is 11.6 Å². The normalized spacial score (nSPS) is 19.3. The lowest BCUT2D eigenvalue weighted by atomic mass is 10.0. The molecule has 2 aromatic carbocycles. The number of piperidine rings is 1. The number of hydrogen-bond acceptors (Lipinski definition) is 10. The molecule has 0 spiro atoms. The molecule has 48 heavy (non-hydrogen) atoms. The highest BCUT2D eigenvalue weighted by atomic mass is 35.5. The molecule has 254 valence electrons. The highest BCUT2D eigenvalue weighted by molar-refractivity contribution is 6.30. The Morgan fingerprint density at radius 3 is 2.56 bits per heavy atom. The Morgan fingerprint density at radius 2 is 1.85 bits per heavy atom. The van der Waals surface area contributed by atoms with E-state index in [1.807, 2.05) is 18.2 Å². The maximum absolute atomic E-state index is 14.8. The molecule has 0 saturated carbocycles. The van der Waals surface area contributed by atoms with Crippen molar-refractivity contribution in [1.29, 1.82) is 0 Å². The number of hydroxylamine groups is 1. The summed E-state index contributed by atoms with van der Waals surface area (Å²) in [6.07, 6.45) is 7.29. The molecule has 0 aliphatic carbocycles. The van der Waals surface area contributed by atoms with Crippen LogP contribution in [0.5, 0.6) is 5.75 Å². The molecule has 0 bridgehead atoms. The van der Waals surface area contributed by atoms with Crippen LogP contribution < -0.4 is 25.3 Å². The van der Waals surface area contributed by atoms with Crippen LogP contribution in [-0.2, 0) is 9.63 Å². The number of benzene rings is 2. The second-order valence-electron chi connectivity index (χ2n) is 12.1. The average Bonchev–Trinajstić information content (AvgIpc) is 3.59. The predicted molar refractivity (Wildman–Crippen MR) is 188 cm³/mol. The number of halogens is 2. The smallest absolute Gasteiger partial charge is 0.247 e. The van der Waals surface area contributed by atoms with E-state index in [1.165, 1.54) is 18.5 Å². The molecule has 0 radical (unpaired) electrons.